The van der Waals surface area contributed by atoms with E-state index < -0.39 is 12.1 Å². The molecule has 0 saturated heterocycles. The number of aliphatic hydroxyl groups is 2. The monoisotopic (exact) mass is 1050 g/mol. The van der Waals surface area contributed by atoms with Crippen molar-refractivity contribution in [2.45, 2.75) is 296 Å². The van der Waals surface area contributed by atoms with Gasteiger partial charge in [0.2, 0.25) is 5.91 Å². The van der Waals surface area contributed by atoms with Gasteiger partial charge in [0.05, 0.1) is 18.8 Å². The molecule has 2 unspecified atom stereocenters. The smallest absolute Gasteiger partial charge is 0.220 e. The molecule has 0 aromatic heterocycles. The molecular formula is C72H121NO3. The maximum atomic E-state index is 12.5. The van der Waals surface area contributed by atoms with E-state index in [4.69, 9.17) is 0 Å². The molecule has 0 aliphatic heterocycles. The lowest BCUT2D eigenvalue weighted by Crippen LogP contribution is -2.45. The summed E-state index contributed by atoms with van der Waals surface area (Å²) in [5.74, 6) is -0.0587. The van der Waals surface area contributed by atoms with Gasteiger partial charge in [0.25, 0.3) is 0 Å². The van der Waals surface area contributed by atoms with E-state index in [2.05, 4.69) is 165 Å². The Bertz CT molecular complexity index is 1560. The summed E-state index contributed by atoms with van der Waals surface area (Å²) in [5.41, 5.74) is 0. The summed E-state index contributed by atoms with van der Waals surface area (Å²) in [5, 5.41) is 23.4. The molecule has 432 valence electrons. The van der Waals surface area contributed by atoms with Gasteiger partial charge in [-0.1, -0.05) is 320 Å². The third-order valence-electron chi connectivity index (χ3n) is 13.9. The summed E-state index contributed by atoms with van der Waals surface area (Å²) < 4.78 is 0. The Morgan fingerprint density at radius 3 is 0.868 bits per heavy atom. The van der Waals surface area contributed by atoms with Crippen molar-refractivity contribution in [2.24, 2.45) is 0 Å². The van der Waals surface area contributed by atoms with Gasteiger partial charge in [0.1, 0.15) is 0 Å². The number of rotatable bonds is 57. The number of nitrogens with one attached hydrogen (secondary N) is 1. The second kappa shape index (κ2) is 65.6. The number of hydrogen-bond acceptors (Lipinski definition) is 3. The third-order valence-corrected chi connectivity index (χ3v) is 13.9. The van der Waals surface area contributed by atoms with Crippen molar-refractivity contribution in [1.29, 1.82) is 0 Å². The third kappa shape index (κ3) is 61.1. The van der Waals surface area contributed by atoms with E-state index >= 15 is 0 Å². The molecule has 3 N–H and O–H groups in total. The molecule has 4 heteroatoms. The summed E-state index contributed by atoms with van der Waals surface area (Å²) in [6, 6.07) is -0.562. The molecule has 4 nitrogen and oxygen atoms in total. The van der Waals surface area contributed by atoms with Crippen LogP contribution >= 0.6 is 0 Å². The normalized spacial score (nSPS) is 13.8. The predicted octanol–water partition coefficient (Wildman–Crippen LogP) is 21.9. The number of allylic oxidation sites excluding steroid dienone is 24. The maximum absolute atomic E-state index is 12.5. The number of amides is 1. The Morgan fingerprint density at radius 1 is 0.329 bits per heavy atom. The van der Waals surface area contributed by atoms with Crippen LogP contribution in [0.4, 0.5) is 0 Å². The first-order valence-electron chi connectivity index (χ1n) is 32.0. The number of unbranched alkanes of at least 4 members (excludes halogenated alkanes) is 26. The van der Waals surface area contributed by atoms with Gasteiger partial charge < -0.3 is 15.5 Å². The lowest BCUT2D eigenvalue weighted by Gasteiger charge is -2.22. The lowest BCUT2D eigenvalue weighted by atomic mass is 10.0. The van der Waals surface area contributed by atoms with Crippen molar-refractivity contribution in [3.63, 3.8) is 0 Å². The summed E-state index contributed by atoms with van der Waals surface area (Å²) in [7, 11) is 0. The average molecular weight is 1050 g/mol. The molecule has 0 bridgehead atoms. The Morgan fingerprint density at radius 2 is 0.579 bits per heavy atom. The molecule has 0 saturated carbocycles. The van der Waals surface area contributed by atoms with E-state index in [1.165, 1.54) is 135 Å². The zero-order valence-corrected chi connectivity index (χ0v) is 49.7. The quantitative estimate of drug-likeness (QED) is 0.0420. The minimum Gasteiger partial charge on any atom is -0.394 e. The first kappa shape index (κ1) is 72.3. The van der Waals surface area contributed by atoms with Crippen LogP contribution in [0.25, 0.3) is 0 Å². The van der Waals surface area contributed by atoms with Gasteiger partial charge in [0, 0.05) is 6.42 Å². The Labute approximate surface area is 472 Å². The lowest BCUT2D eigenvalue weighted by molar-refractivity contribution is -0.123. The minimum absolute atomic E-state index is 0.0587. The molecule has 0 fully saturated rings. The maximum Gasteiger partial charge on any atom is 0.220 e. The van der Waals surface area contributed by atoms with Crippen molar-refractivity contribution >= 4 is 5.91 Å². The molecule has 0 aliphatic rings. The van der Waals surface area contributed by atoms with E-state index in [0.717, 1.165) is 122 Å². The van der Waals surface area contributed by atoms with Gasteiger partial charge in [-0.05, 0) is 103 Å². The topological polar surface area (TPSA) is 69.6 Å². The van der Waals surface area contributed by atoms with Crippen LogP contribution in [0.15, 0.2) is 146 Å². The molecule has 0 spiro atoms. The van der Waals surface area contributed by atoms with Crippen molar-refractivity contribution in [3.05, 3.63) is 146 Å². The fourth-order valence-electron chi connectivity index (χ4n) is 9.05. The zero-order chi connectivity index (χ0) is 54.8. The van der Waals surface area contributed by atoms with Gasteiger partial charge in [-0.3, -0.25) is 4.79 Å². The van der Waals surface area contributed by atoms with Crippen LogP contribution in [0.5, 0.6) is 0 Å². The molecule has 0 aromatic carbocycles. The second-order valence-electron chi connectivity index (χ2n) is 21.1. The summed E-state index contributed by atoms with van der Waals surface area (Å²) in [4.78, 5) is 12.5. The number of carbonyl (C=O) groups is 1. The predicted molar refractivity (Wildman–Crippen MR) is 340 cm³/mol. The number of aliphatic hydroxyl groups excluding tert-OH is 2. The fourth-order valence-corrected chi connectivity index (χ4v) is 9.05. The molecule has 0 rings (SSSR count). The Balaban J connectivity index is 3.64. The highest BCUT2D eigenvalue weighted by Gasteiger charge is 2.20. The van der Waals surface area contributed by atoms with Crippen molar-refractivity contribution in [1.82, 2.24) is 5.32 Å². The summed E-state index contributed by atoms with van der Waals surface area (Å²) in [6.07, 6.45) is 103. The molecule has 76 heavy (non-hydrogen) atoms. The molecule has 1 amide bonds. The second-order valence-corrected chi connectivity index (χ2v) is 21.1. The highest BCUT2D eigenvalue weighted by molar-refractivity contribution is 5.76. The van der Waals surface area contributed by atoms with Gasteiger partial charge in [0.15, 0.2) is 0 Å². The SMILES string of the molecule is CC/C=C\C/C=C\C/C=C\C/C=C\C/C=C\C/C=C\C/C=C\C/C=C\C/C=C\C/C=C\C/C=C\C/C=C\CCCCCCC(=O)NC(CO)C(O)CCCCCCCCCCCCCCCCCCCCCCCCC. The van der Waals surface area contributed by atoms with E-state index in [1.54, 1.807) is 0 Å². The van der Waals surface area contributed by atoms with Gasteiger partial charge >= 0.3 is 0 Å². The number of hydrogen-bond donors (Lipinski definition) is 3. The van der Waals surface area contributed by atoms with E-state index in [9.17, 15) is 15.0 Å². The molecule has 0 aliphatic carbocycles. The molecular weight excluding hydrogens is 927 g/mol. The van der Waals surface area contributed by atoms with Crippen LogP contribution < -0.4 is 5.32 Å². The largest absolute Gasteiger partial charge is 0.394 e. The number of carbonyl (C=O) groups excluding carboxylic acids is 1. The Kier molecular flexibility index (Phi) is 62.3. The fraction of sp³-hybridized carbons (Fsp3) is 0.653. The highest BCUT2D eigenvalue weighted by atomic mass is 16.3. The van der Waals surface area contributed by atoms with Crippen LogP contribution in [0.2, 0.25) is 0 Å². The highest BCUT2D eigenvalue weighted by Crippen LogP contribution is 2.17. The van der Waals surface area contributed by atoms with Crippen LogP contribution in [0, 0.1) is 0 Å². The van der Waals surface area contributed by atoms with Crippen LogP contribution in [-0.4, -0.2) is 34.9 Å². The Hall–Kier alpha value is -3.73. The molecule has 0 heterocycles. The minimum atomic E-state index is -0.682. The first-order chi connectivity index (χ1) is 37.7. The standard InChI is InChI=1S/C72H121NO3/c1-3-5-7-9-11-13-15-17-19-21-23-25-27-28-29-30-31-32-33-34-35-36-37-38-39-40-41-42-43-44-46-48-50-52-54-56-58-60-62-64-66-68-72(76)73-70(69-74)71(75)67-65-63-61-59-57-55-53-51-49-47-45-26-24-22-20-18-16-14-12-10-8-6-4-2/h5,7,11,13,17,19,23,25,28-29,31-32,34-35,37-38,40-41,43-44,48,50,54,56,70-71,74-75H,3-4,6,8-10,12,14-16,18,20-22,24,26-27,30,33,36,39,42,45-47,49,51-53,55,57-69H2,1-2H3,(H,73,76)/b7-5-,13-11-,19-17-,25-23-,29-28-,32-31-,35-34-,38-37-,41-40-,44-43-,50-48-,56-54-. The van der Waals surface area contributed by atoms with Crippen molar-refractivity contribution in [2.75, 3.05) is 6.61 Å². The van der Waals surface area contributed by atoms with Gasteiger partial charge in [-0.2, -0.15) is 0 Å². The first-order valence-corrected chi connectivity index (χ1v) is 32.0. The van der Waals surface area contributed by atoms with Crippen LogP contribution in [0.1, 0.15) is 284 Å². The van der Waals surface area contributed by atoms with E-state index in [-0.39, 0.29) is 12.5 Å². The molecule has 0 aromatic rings. The van der Waals surface area contributed by atoms with E-state index in [1.807, 2.05) is 0 Å². The van der Waals surface area contributed by atoms with Gasteiger partial charge in [-0.25, -0.2) is 0 Å². The molecule has 2 atom stereocenters. The molecule has 0 radical (unpaired) electrons. The summed E-state index contributed by atoms with van der Waals surface area (Å²) >= 11 is 0. The average Bonchev–Trinajstić information content (AvgIpc) is 3.42. The van der Waals surface area contributed by atoms with Crippen LogP contribution in [0.3, 0.4) is 0 Å². The van der Waals surface area contributed by atoms with Gasteiger partial charge in [-0.15, -0.1) is 0 Å². The summed E-state index contributed by atoms with van der Waals surface area (Å²) in [6.45, 7) is 4.25. The van der Waals surface area contributed by atoms with Crippen molar-refractivity contribution < 1.29 is 15.0 Å². The van der Waals surface area contributed by atoms with E-state index in [0.29, 0.717) is 12.8 Å². The zero-order valence-electron chi connectivity index (χ0n) is 49.7. The van der Waals surface area contributed by atoms with Crippen molar-refractivity contribution in [3.8, 4) is 0 Å². The van der Waals surface area contributed by atoms with Crippen LogP contribution in [-0.2, 0) is 4.79 Å².